The number of rotatable bonds is 6. The first-order chi connectivity index (χ1) is 17.8. The molecule has 2 heterocycles. The Hall–Kier alpha value is -3.86. The fraction of sp³-hybridized carbons (Fsp3) is 0.0625. The van der Waals surface area contributed by atoms with Crippen molar-refractivity contribution >= 4 is 22.9 Å². The van der Waals surface area contributed by atoms with E-state index in [0.717, 1.165) is 33.9 Å². The summed E-state index contributed by atoms with van der Waals surface area (Å²) in [6.45, 7) is 2.08. The summed E-state index contributed by atoms with van der Waals surface area (Å²) in [5.41, 5.74) is 9.36. The van der Waals surface area contributed by atoms with Crippen molar-refractivity contribution in [3.05, 3.63) is 131 Å². The molecule has 6 aromatic rings. The van der Waals surface area contributed by atoms with E-state index in [1.54, 1.807) is 22.9 Å². The molecular formula is C32H24N2S2. The second kappa shape index (κ2) is 10.0. The first-order valence-electron chi connectivity index (χ1n) is 12.0. The average molecular weight is 501 g/mol. The predicted molar refractivity (Wildman–Crippen MR) is 154 cm³/mol. The van der Waals surface area contributed by atoms with Gasteiger partial charge in [-0.05, 0) is 41.2 Å². The molecule has 4 heteroatoms. The van der Waals surface area contributed by atoms with Gasteiger partial charge in [0, 0.05) is 28.0 Å². The van der Waals surface area contributed by atoms with Crippen molar-refractivity contribution in [2.45, 2.75) is 13.3 Å². The molecular weight excluding hydrogens is 477 g/mol. The van der Waals surface area contributed by atoms with Gasteiger partial charge < -0.3 is 0 Å². The summed E-state index contributed by atoms with van der Waals surface area (Å²) in [7, 11) is 0. The zero-order valence-corrected chi connectivity index (χ0v) is 21.5. The van der Waals surface area contributed by atoms with Crippen LogP contribution in [0.3, 0.4) is 0 Å². The van der Waals surface area contributed by atoms with E-state index in [4.69, 9.17) is 9.36 Å². The van der Waals surface area contributed by atoms with Crippen molar-refractivity contribution in [3.8, 4) is 44.1 Å². The normalized spacial score (nSPS) is 11.0. The van der Waals surface area contributed by atoms with E-state index < -0.39 is 0 Å². The van der Waals surface area contributed by atoms with E-state index >= 15 is 0 Å². The van der Waals surface area contributed by atoms with Crippen LogP contribution in [0.5, 0.6) is 0 Å². The van der Waals surface area contributed by atoms with Gasteiger partial charge in [-0.25, -0.2) is 4.98 Å². The Morgan fingerprint density at radius 2 is 1.19 bits per heavy atom. The van der Waals surface area contributed by atoms with Crippen LogP contribution >= 0.6 is 22.9 Å². The molecule has 174 valence electrons. The number of aromatic nitrogens is 2. The monoisotopic (exact) mass is 500 g/mol. The van der Waals surface area contributed by atoms with Gasteiger partial charge in [-0.3, -0.25) is 0 Å². The van der Waals surface area contributed by atoms with Crippen molar-refractivity contribution in [3.63, 3.8) is 0 Å². The highest BCUT2D eigenvalue weighted by atomic mass is 32.1. The maximum atomic E-state index is 4.93. The van der Waals surface area contributed by atoms with Crippen LogP contribution in [0.4, 0.5) is 0 Å². The molecule has 0 spiro atoms. The highest BCUT2D eigenvalue weighted by molar-refractivity contribution is 7.15. The third kappa shape index (κ3) is 4.53. The molecule has 2 nitrogen and oxygen atoms in total. The Labute approximate surface area is 219 Å². The van der Waals surface area contributed by atoms with Crippen LogP contribution in [0, 0.1) is 6.92 Å². The van der Waals surface area contributed by atoms with Crippen molar-refractivity contribution < 1.29 is 0 Å². The SMILES string of the molecule is Cc1nc(-c2ccccc2)c(-c2cccc(Cc3snc(-c4ccccc4)c3-c3ccccc3)c2)s1. The fourth-order valence-electron chi connectivity index (χ4n) is 4.56. The molecule has 0 unspecified atom stereocenters. The molecule has 0 bridgehead atoms. The molecule has 0 aliphatic rings. The molecule has 0 saturated carbocycles. The minimum atomic E-state index is 0.834. The standard InChI is InChI=1S/C32H24N2S2/c1-22-33-31(26-17-9-4-10-18-26)32(35-22)27-19-11-12-23(20-27)21-28-29(24-13-5-2-6-14-24)30(34-36-28)25-15-7-3-8-16-25/h2-20H,21H2,1H3. The molecule has 0 N–H and O–H groups in total. The van der Waals surface area contributed by atoms with E-state index in [1.807, 2.05) is 6.07 Å². The maximum absolute atomic E-state index is 4.93. The Morgan fingerprint density at radius 1 is 0.611 bits per heavy atom. The van der Waals surface area contributed by atoms with E-state index in [-0.39, 0.29) is 0 Å². The molecule has 0 amide bonds. The van der Waals surface area contributed by atoms with Crippen LogP contribution in [0.25, 0.3) is 44.1 Å². The van der Waals surface area contributed by atoms with E-state index in [0.29, 0.717) is 0 Å². The third-order valence-electron chi connectivity index (χ3n) is 6.21. The zero-order chi connectivity index (χ0) is 24.3. The summed E-state index contributed by atoms with van der Waals surface area (Å²) >= 11 is 3.36. The number of hydrogen-bond acceptors (Lipinski definition) is 4. The lowest BCUT2D eigenvalue weighted by Crippen LogP contribution is -1.91. The highest BCUT2D eigenvalue weighted by Crippen LogP contribution is 2.40. The van der Waals surface area contributed by atoms with Crippen LogP contribution in [-0.2, 0) is 6.42 Å². The average Bonchev–Trinajstić information content (AvgIpc) is 3.54. The van der Waals surface area contributed by atoms with Crippen LogP contribution < -0.4 is 0 Å². The molecule has 0 atom stereocenters. The Balaban J connectivity index is 1.40. The molecule has 6 rings (SSSR count). The van der Waals surface area contributed by atoms with Crippen molar-refractivity contribution in [2.75, 3.05) is 0 Å². The van der Waals surface area contributed by atoms with Crippen molar-refractivity contribution in [1.82, 2.24) is 9.36 Å². The van der Waals surface area contributed by atoms with Gasteiger partial charge in [-0.1, -0.05) is 109 Å². The smallest absolute Gasteiger partial charge is 0.0922 e. The summed E-state index contributed by atoms with van der Waals surface area (Å²) < 4.78 is 4.93. The van der Waals surface area contributed by atoms with Gasteiger partial charge in [0.2, 0.25) is 0 Å². The second-order valence-corrected chi connectivity index (χ2v) is 10.8. The Bertz CT molecular complexity index is 1600. The maximum Gasteiger partial charge on any atom is 0.0922 e. The van der Waals surface area contributed by atoms with E-state index in [1.165, 1.54) is 32.0 Å². The Kier molecular flexibility index (Phi) is 6.29. The first kappa shape index (κ1) is 22.6. The third-order valence-corrected chi connectivity index (χ3v) is 8.07. The quantitative estimate of drug-likeness (QED) is 0.228. The summed E-state index contributed by atoms with van der Waals surface area (Å²) in [5, 5.41) is 1.08. The van der Waals surface area contributed by atoms with Gasteiger partial charge in [-0.15, -0.1) is 11.3 Å². The summed E-state index contributed by atoms with van der Waals surface area (Å²) in [6.07, 6.45) is 0.834. The van der Waals surface area contributed by atoms with Crippen LogP contribution in [0.1, 0.15) is 15.4 Å². The molecule has 0 fully saturated rings. The molecule has 0 aliphatic heterocycles. The number of benzene rings is 4. The number of aryl methyl sites for hydroxylation is 1. The van der Waals surface area contributed by atoms with Gasteiger partial charge in [0.15, 0.2) is 0 Å². The number of thiazole rings is 1. The molecule has 2 aromatic heterocycles. The van der Waals surface area contributed by atoms with Gasteiger partial charge >= 0.3 is 0 Å². The molecule has 0 saturated heterocycles. The first-order valence-corrected chi connectivity index (χ1v) is 13.6. The summed E-state index contributed by atoms with van der Waals surface area (Å²) in [5.74, 6) is 0. The predicted octanol–water partition coefficient (Wildman–Crippen LogP) is 9.17. The summed E-state index contributed by atoms with van der Waals surface area (Å²) in [6, 6.07) is 40.5. The van der Waals surface area contributed by atoms with E-state index in [2.05, 4.69) is 116 Å². The lowest BCUT2D eigenvalue weighted by atomic mass is 9.96. The molecule has 0 radical (unpaired) electrons. The minimum absolute atomic E-state index is 0.834. The van der Waals surface area contributed by atoms with Gasteiger partial charge in [0.05, 0.1) is 21.3 Å². The minimum Gasteiger partial charge on any atom is -0.241 e. The number of nitrogens with zero attached hydrogens (tertiary/aromatic N) is 2. The zero-order valence-electron chi connectivity index (χ0n) is 19.9. The van der Waals surface area contributed by atoms with Crippen LogP contribution in [0.2, 0.25) is 0 Å². The number of hydrogen-bond donors (Lipinski definition) is 0. The summed E-state index contributed by atoms with van der Waals surface area (Å²) in [4.78, 5) is 7.37. The van der Waals surface area contributed by atoms with Gasteiger partial charge in [0.25, 0.3) is 0 Å². The topological polar surface area (TPSA) is 25.8 Å². The Morgan fingerprint density at radius 3 is 1.86 bits per heavy atom. The second-order valence-electron chi connectivity index (χ2n) is 8.72. The molecule has 0 aliphatic carbocycles. The lowest BCUT2D eigenvalue weighted by molar-refractivity contribution is 1.24. The molecule has 4 aromatic carbocycles. The van der Waals surface area contributed by atoms with Crippen LogP contribution in [-0.4, -0.2) is 9.36 Å². The van der Waals surface area contributed by atoms with Gasteiger partial charge in [0.1, 0.15) is 0 Å². The van der Waals surface area contributed by atoms with E-state index in [9.17, 15) is 0 Å². The van der Waals surface area contributed by atoms with Crippen LogP contribution in [0.15, 0.2) is 115 Å². The fourth-order valence-corrected chi connectivity index (χ4v) is 6.44. The highest BCUT2D eigenvalue weighted by Gasteiger charge is 2.18. The molecule has 36 heavy (non-hydrogen) atoms. The largest absolute Gasteiger partial charge is 0.241 e. The van der Waals surface area contributed by atoms with Crippen molar-refractivity contribution in [2.24, 2.45) is 0 Å². The van der Waals surface area contributed by atoms with Gasteiger partial charge in [-0.2, -0.15) is 4.37 Å². The van der Waals surface area contributed by atoms with Crippen molar-refractivity contribution in [1.29, 1.82) is 0 Å². The lowest BCUT2D eigenvalue weighted by Gasteiger charge is -2.09.